The Morgan fingerprint density at radius 2 is 2.15 bits per heavy atom. The van der Waals surface area contributed by atoms with Crippen molar-refractivity contribution in [1.82, 2.24) is 9.88 Å². The van der Waals surface area contributed by atoms with E-state index in [1.165, 1.54) is 18.0 Å². The van der Waals surface area contributed by atoms with E-state index >= 15 is 0 Å². The third-order valence-electron chi connectivity index (χ3n) is 2.65. The fraction of sp³-hybridized carbons (Fsp3) is 0.462. The summed E-state index contributed by atoms with van der Waals surface area (Å²) in [5, 5.41) is 3.00. The van der Waals surface area contributed by atoms with E-state index in [0.29, 0.717) is 10.8 Å². The van der Waals surface area contributed by atoms with Gasteiger partial charge in [-0.2, -0.15) is 0 Å². The van der Waals surface area contributed by atoms with E-state index in [9.17, 15) is 4.79 Å². The maximum absolute atomic E-state index is 12.0. The second kappa shape index (κ2) is 8.44. The topological polar surface area (TPSA) is 45.2 Å². The molecule has 110 valence electrons. The van der Waals surface area contributed by atoms with Crippen molar-refractivity contribution in [2.24, 2.45) is 0 Å². The number of anilines is 1. The van der Waals surface area contributed by atoms with Crippen molar-refractivity contribution in [3.8, 4) is 0 Å². The monoisotopic (exact) mass is 331 g/mol. The van der Waals surface area contributed by atoms with Gasteiger partial charge in [0.2, 0.25) is 5.91 Å². The largest absolute Gasteiger partial charge is 0.358 e. The lowest BCUT2D eigenvalue weighted by molar-refractivity contribution is -0.115. The minimum atomic E-state index is -0.277. The van der Waals surface area contributed by atoms with Crippen LogP contribution in [0, 0.1) is 0 Å². The number of thiocarbonyl (C=S) groups is 1. The third kappa shape index (κ3) is 5.26. The molecule has 0 fully saturated rings. The van der Waals surface area contributed by atoms with E-state index in [4.69, 9.17) is 23.8 Å². The molecule has 1 amide bonds. The number of pyridine rings is 1. The molecule has 1 rings (SSSR count). The lowest BCUT2D eigenvalue weighted by Crippen LogP contribution is -2.31. The van der Waals surface area contributed by atoms with Crippen LogP contribution in [0.4, 0.5) is 5.82 Å². The molecule has 0 unspecified atom stereocenters. The van der Waals surface area contributed by atoms with E-state index in [0.717, 1.165) is 17.4 Å². The lowest BCUT2D eigenvalue weighted by Gasteiger charge is -2.22. The van der Waals surface area contributed by atoms with Gasteiger partial charge in [-0.25, -0.2) is 4.98 Å². The Morgan fingerprint density at radius 1 is 1.50 bits per heavy atom. The van der Waals surface area contributed by atoms with E-state index in [-0.39, 0.29) is 11.2 Å². The van der Waals surface area contributed by atoms with Gasteiger partial charge in [0.25, 0.3) is 0 Å². The van der Waals surface area contributed by atoms with Crippen LogP contribution in [0.3, 0.4) is 0 Å². The van der Waals surface area contributed by atoms with Gasteiger partial charge in [-0.05, 0) is 32.9 Å². The fourth-order valence-corrected chi connectivity index (χ4v) is 3.12. The Balaban J connectivity index is 2.54. The van der Waals surface area contributed by atoms with Crippen LogP contribution in [0.5, 0.6) is 0 Å². The van der Waals surface area contributed by atoms with Crippen LogP contribution in [0.25, 0.3) is 0 Å². The molecule has 0 spiro atoms. The van der Waals surface area contributed by atoms with Gasteiger partial charge in [-0.3, -0.25) is 4.79 Å². The van der Waals surface area contributed by atoms with Crippen LogP contribution in [0.2, 0.25) is 5.02 Å². The van der Waals surface area contributed by atoms with Crippen LogP contribution in [-0.4, -0.2) is 38.5 Å². The van der Waals surface area contributed by atoms with Crippen molar-refractivity contribution in [2.75, 3.05) is 18.4 Å². The molecule has 0 aliphatic heterocycles. The molecule has 1 N–H and O–H groups in total. The highest BCUT2D eigenvalue weighted by atomic mass is 35.5. The van der Waals surface area contributed by atoms with Gasteiger partial charge in [-0.15, -0.1) is 0 Å². The van der Waals surface area contributed by atoms with Crippen molar-refractivity contribution in [2.45, 2.75) is 26.0 Å². The molecule has 1 heterocycles. The summed E-state index contributed by atoms with van der Waals surface area (Å²) in [6.45, 7) is 7.59. The number of hydrogen-bond acceptors (Lipinski definition) is 4. The first-order chi connectivity index (χ1) is 9.47. The van der Waals surface area contributed by atoms with Crippen molar-refractivity contribution in [3.05, 3.63) is 23.4 Å². The maximum atomic E-state index is 12.0. The molecule has 0 radical (unpaired) electrons. The van der Waals surface area contributed by atoms with Gasteiger partial charge in [0.05, 0.1) is 10.3 Å². The van der Waals surface area contributed by atoms with Gasteiger partial charge in [0, 0.05) is 19.3 Å². The Bertz CT molecular complexity index is 463. The van der Waals surface area contributed by atoms with Gasteiger partial charge in [0.1, 0.15) is 10.1 Å². The van der Waals surface area contributed by atoms with E-state index in [2.05, 4.69) is 10.3 Å². The van der Waals surface area contributed by atoms with Gasteiger partial charge >= 0.3 is 0 Å². The zero-order chi connectivity index (χ0) is 15.1. The normalized spacial score (nSPS) is 11.8. The first kappa shape index (κ1) is 17.2. The quantitative estimate of drug-likeness (QED) is 0.838. The summed E-state index contributed by atoms with van der Waals surface area (Å²) in [6, 6.07) is 3.35. The summed E-state index contributed by atoms with van der Waals surface area (Å²) < 4.78 is 0.738. The highest BCUT2D eigenvalue weighted by Gasteiger charge is 2.18. The van der Waals surface area contributed by atoms with Gasteiger partial charge in [0.15, 0.2) is 0 Å². The summed E-state index contributed by atoms with van der Waals surface area (Å²) in [4.78, 5) is 18.1. The minimum absolute atomic E-state index is 0.126. The molecule has 0 bridgehead atoms. The van der Waals surface area contributed by atoms with Crippen molar-refractivity contribution < 1.29 is 4.79 Å². The molecule has 1 aromatic rings. The Labute approximate surface area is 134 Å². The summed E-state index contributed by atoms with van der Waals surface area (Å²) in [6.07, 6.45) is 1.50. The molecule has 4 nitrogen and oxygen atoms in total. The van der Waals surface area contributed by atoms with Crippen LogP contribution in [0.15, 0.2) is 18.3 Å². The number of aromatic nitrogens is 1. The van der Waals surface area contributed by atoms with Crippen LogP contribution >= 0.6 is 35.6 Å². The van der Waals surface area contributed by atoms with E-state index < -0.39 is 0 Å². The van der Waals surface area contributed by atoms with Gasteiger partial charge in [-0.1, -0.05) is 35.6 Å². The second-order valence-corrected chi connectivity index (χ2v) is 6.46. The number of nitrogens with one attached hydrogen (secondary N) is 1. The predicted octanol–water partition coefficient (Wildman–Crippen LogP) is 3.42. The van der Waals surface area contributed by atoms with Crippen LogP contribution in [-0.2, 0) is 4.79 Å². The van der Waals surface area contributed by atoms with Crippen LogP contribution < -0.4 is 5.32 Å². The van der Waals surface area contributed by atoms with E-state index in [1.807, 2.05) is 25.7 Å². The molecule has 0 aliphatic carbocycles. The number of nitrogens with zero attached hydrogens (tertiary/aromatic N) is 2. The average Bonchev–Trinajstić information content (AvgIpc) is 2.42. The first-order valence-electron chi connectivity index (χ1n) is 6.35. The highest BCUT2D eigenvalue weighted by Crippen LogP contribution is 2.18. The maximum Gasteiger partial charge on any atom is 0.238 e. The highest BCUT2D eigenvalue weighted by molar-refractivity contribution is 8.23. The summed E-state index contributed by atoms with van der Waals surface area (Å²) in [5.41, 5.74) is 0. The molecule has 0 aliphatic rings. The number of carbonyl (C=O) groups is 1. The Morgan fingerprint density at radius 3 is 2.65 bits per heavy atom. The molecular formula is C13H18ClN3OS2. The average molecular weight is 332 g/mol. The summed E-state index contributed by atoms with van der Waals surface area (Å²) in [5.74, 6) is 0.361. The molecule has 7 heteroatoms. The number of hydrogen-bond donors (Lipinski definition) is 1. The predicted molar refractivity (Wildman–Crippen MR) is 90.4 cm³/mol. The number of rotatable bonds is 5. The fourth-order valence-electron chi connectivity index (χ4n) is 1.44. The standard InChI is InChI=1S/C13H18ClN3OS2/c1-4-17(5-2)13(19)20-9(3)12(18)16-11-7-6-10(14)8-15-11/h6-9H,4-5H2,1-3H3,(H,15,16,18)/t9-/m1/s1. The summed E-state index contributed by atoms with van der Waals surface area (Å²) >= 11 is 12.5. The zero-order valence-corrected chi connectivity index (χ0v) is 14.1. The SMILES string of the molecule is CCN(CC)C(=S)S[C@H](C)C(=O)Nc1ccc(Cl)cn1. The Kier molecular flexibility index (Phi) is 7.26. The van der Waals surface area contributed by atoms with Gasteiger partial charge < -0.3 is 10.2 Å². The Hall–Kier alpha value is -0.850. The number of amides is 1. The molecule has 0 saturated heterocycles. The van der Waals surface area contributed by atoms with Crippen molar-refractivity contribution >= 4 is 51.6 Å². The van der Waals surface area contributed by atoms with E-state index in [1.54, 1.807) is 12.1 Å². The number of thioether (sulfide) groups is 1. The molecule has 1 atom stereocenters. The molecule has 1 aromatic heterocycles. The first-order valence-corrected chi connectivity index (χ1v) is 8.02. The lowest BCUT2D eigenvalue weighted by atomic mass is 10.4. The molecular weight excluding hydrogens is 314 g/mol. The zero-order valence-electron chi connectivity index (χ0n) is 11.7. The second-order valence-electron chi connectivity index (χ2n) is 4.05. The molecule has 0 saturated carbocycles. The minimum Gasteiger partial charge on any atom is -0.358 e. The molecule has 0 aromatic carbocycles. The number of halogens is 1. The summed E-state index contributed by atoms with van der Waals surface area (Å²) in [7, 11) is 0. The van der Waals surface area contributed by atoms with Crippen molar-refractivity contribution in [3.63, 3.8) is 0 Å². The van der Waals surface area contributed by atoms with Crippen LogP contribution in [0.1, 0.15) is 20.8 Å². The third-order valence-corrected chi connectivity index (χ3v) is 4.45. The number of carbonyl (C=O) groups excluding carboxylic acids is 1. The van der Waals surface area contributed by atoms with Crippen molar-refractivity contribution in [1.29, 1.82) is 0 Å². The smallest absolute Gasteiger partial charge is 0.238 e. The molecule has 20 heavy (non-hydrogen) atoms.